The normalized spacial score (nSPS) is 19.7. The number of benzene rings is 3. The maximum atomic E-state index is 14.1. The monoisotopic (exact) mass is 483 g/mol. The summed E-state index contributed by atoms with van der Waals surface area (Å²) in [6, 6.07) is 23.4. The van der Waals surface area contributed by atoms with Crippen molar-refractivity contribution in [2.75, 3.05) is 13.2 Å². The molecule has 0 aliphatic carbocycles. The zero-order chi connectivity index (χ0) is 25.2. The van der Waals surface area contributed by atoms with E-state index in [1.807, 2.05) is 79.7 Å². The van der Waals surface area contributed by atoms with Gasteiger partial charge in [0.25, 0.3) is 0 Å². The number of fused-ring (bicyclic) bond motifs is 1. The van der Waals surface area contributed by atoms with Gasteiger partial charge in [-0.3, -0.25) is 14.7 Å². The van der Waals surface area contributed by atoms with Crippen LogP contribution in [0.25, 0.3) is 0 Å². The van der Waals surface area contributed by atoms with Gasteiger partial charge in [-0.1, -0.05) is 72.8 Å². The molecule has 0 bridgehead atoms. The molecule has 36 heavy (non-hydrogen) atoms. The summed E-state index contributed by atoms with van der Waals surface area (Å²) in [6.45, 7) is 3.17. The average Bonchev–Trinajstić information content (AvgIpc) is 3.28. The van der Waals surface area contributed by atoms with Gasteiger partial charge in [-0.15, -0.1) is 0 Å². The lowest BCUT2D eigenvalue weighted by Crippen LogP contribution is -2.59. The van der Waals surface area contributed by atoms with Crippen molar-refractivity contribution >= 4 is 17.6 Å². The van der Waals surface area contributed by atoms with Crippen LogP contribution in [0, 0.1) is 6.92 Å². The molecular formula is C29H29N3O4. The van der Waals surface area contributed by atoms with Gasteiger partial charge < -0.3 is 15.1 Å². The topological polar surface area (TPSA) is 93.4 Å². The van der Waals surface area contributed by atoms with Crippen molar-refractivity contribution < 1.29 is 19.8 Å². The second-order valence-corrected chi connectivity index (χ2v) is 9.48. The van der Waals surface area contributed by atoms with E-state index in [2.05, 4.69) is 9.89 Å². The van der Waals surface area contributed by atoms with Crippen LogP contribution in [0.5, 0.6) is 5.75 Å². The van der Waals surface area contributed by atoms with Gasteiger partial charge in [0.1, 0.15) is 11.8 Å². The lowest BCUT2D eigenvalue weighted by atomic mass is 9.87. The number of hydrogen-bond donors (Lipinski definition) is 2. The number of aromatic hydroxyl groups is 1. The van der Waals surface area contributed by atoms with Crippen LogP contribution in [-0.4, -0.2) is 62.9 Å². The molecule has 7 nitrogen and oxygen atoms in total. The Labute approximate surface area is 210 Å². The van der Waals surface area contributed by atoms with Crippen LogP contribution in [0.15, 0.2) is 83.9 Å². The first-order valence-electron chi connectivity index (χ1n) is 12.1. The molecule has 2 aliphatic rings. The van der Waals surface area contributed by atoms with E-state index in [0.717, 1.165) is 28.0 Å². The van der Waals surface area contributed by atoms with Crippen LogP contribution in [0.4, 0.5) is 0 Å². The van der Waals surface area contributed by atoms with Gasteiger partial charge in [-0.2, -0.15) is 0 Å². The first-order valence-corrected chi connectivity index (χ1v) is 12.1. The van der Waals surface area contributed by atoms with E-state index in [9.17, 15) is 19.8 Å². The Balaban J connectivity index is 1.45. The number of carbonyl (C=O) groups excluding carboxylic acids is 1. The molecule has 1 saturated heterocycles. The van der Waals surface area contributed by atoms with Gasteiger partial charge in [-0.25, -0.2) is 4.79 Å². The summed E-state index contributed by atoms with van der Waals surface area (Å²) in [6.07, 6.45) is 0.215. The minimum absolute atomic E-state index is 0.147. The number of phenols is 1. The molecule has 7 heteroatoms. The number of aryl methyl sites for hydroxylation is 1. The standard InChI is InChI=1S/C29H29N3O4/c1-19-14-20(12-13-26(19)33)16-31-18-30-23-15-24(29(35)36)32(17-25(23)31)28(34)27(21-8-4-2-5-9-21)22-10-6-3-7-11-22/h2-14,24-25,27,33H,15-18H2,1H3,(H,35,36)/t24-,25?/m0/s1. The number of phenolic OH excluding ortho intramolecular Hbond substituents is 1. The van der Waals surface area contributed by atoms with E-state index in [1.165, 1.54) is 4.90 Å². The molecule has 0 saturated carbocycles. The van der Waals surface area contributed by atoms with Crippen LogP contribution in [0.1, 0.15) is 34.6 Å². The smallest absolute Gasteiger partial charge is 0.326 e. The fraction of sp³-hybridized carbons (Fsp3) is 0.276. The van der Waals surface area contributed by atoms with Gasteiger partial charge in [0.2, 0.25) is 5.91 Å². The largest absolute Gasteiger partial charge is 0.508 e. The molecule has 184 valence electrons. The van der Waals surface area contributed by atoms with E-state index in [0.29, 0.717) is 13.2 Å². The molecule has 5 rings (SSSR count). The SMILES string of the molecule is Cc1cc(CN2CN=C3C[C@@H](C(=O)O)N(C(=O)C(c4ccccc4)c4ccccc4)CC32)ccc1O. The molecule has 2 atom stereocenters. The minimum Gasteiger partial charge on any atom is -0.508 e. The first kappa shape index (κ1) is 23.8. The lowest BCUT2D eigenvalue weighted by molar-refractivity contribution is -0.151. The third-order valence-corrected chi connectivity index (χ3v) is 7.16. The van der Waals surface area contributed by atoms with Crippen LogP contribution in [0.2, 0.25) is 0 Å². The highest BCUT2D eigenvalue weighted by Gasteiger charge is 2.45. The molecule has 3 aromatic carbocycles. The zero-order valence-electron chi connectivity index (χ0n) is 20.1. The molecule has 2 heterocycles. The number of nitrogens with zero attached hydrogens (tertiary/aromatic N) is 3. The van der Waals surface area contributed by atoms with E-state index in [1.54, 1.807) is 6.07 Å². The number of rotatable bonds is 6. The summed E-state index contributed by atoms with van der Waals surface area (Å²) in [5, 5.41) is 19.9. The second kappa shape index (κ2) is 9.95. The number of carbonyl (C=O) groups is 2. The zero-order valence-corrected chi connectivity index (χ0v) is 20.1. The number of hydrogen-bond acceptors (Lipinski definition) is 5. The number of aliphatic carboxylic acids is 1. The molecule has 3 aromatic rings. The first-order chi connectivity index (χ1) is 17.4. The second-order valence-electron chi connectivity index (χ2n) is 9.48. The lowest BCUT2D eigenvalue weighted by Gasteiger charge is -2.41. The maximum Gasteiger partial charge on any atom is 0.326 e. The van der Waals surface area contributed by atoms with E-state index < -0.39 is 17.9 Å². The number of piperidine rings is 1. The van der Waals surface area contributed by atoms with E-state index >= 15 is 0 Å². The molecular weight excluding hydrogens is 454 g/mol. The fourth-order valence-corrected chi connectivity index (χ4v) is 5.25. The van der Waals surface area contributed by atoms with Gasteiger partial charge in [0.05, 0.1) is 18.6 Å². The highest BCUT2D eigenvalue weighted by Crippen LogP contribution is 2.32. The van der Waals surface area contributed by atoms with Crippen molar-refractivity contribution in [1.82, 2.24) is 9.80 Å². The number of carboxylic acid groups (broad SMARTS) is 1. The van der Waals surface area contributed by atoms with Gasteiger partial charge in [0.15, 0.2) is 0 Å². The molecule has 0 radical (unpaired) electrons. The van der Waals surface area contributed by atoms with Crippen molar-refractivity contribution in [2.45, 2.75) is 37.9 Å². The van der Waals surface area contributed by atoms with Crippen molar-refractivity contribution in [1.29, 1.82) is 0 Å². The van der Waals surface area contributed by atoms with Gasteiger partial charge in [0, 0.05) is 25.2 Å². The fourth-order valence-electron chi connectivity index (χ4n) is 5.25. The number of aliphatic imine (C=N–C) groups is 1. The average molecular weight is 484 g/mol. The third-order valence-electron chi connectivity index (χ3n) is 7.16. The van der Waals surface area contributed by atoms with Crippen LogP contribution in [0.3, 0.4) is 0 Å². The molecule has 1 fully saturated rings. The summed E-state index contributed by atoms with van der Waals surface area (Å²) in [4.78, 5) is 34.8. The van der Waals surface area contributed by atoms with E-state index in [-0.39, 0.29) is 30.7 Å². The Morgan fingerprint density at radius 1 is 1.00 bits per heavy atom. The highest BCUT2D eigenvalue weighted by atomic mass is 16.4. The summed E-state index contributed by atoms with van der Waals surface area (Å²) < 4.78 is 0. The Bertz CT molecular complexity index is 1250. The maximum absolute atomic E-state index is 14.1. The van der Waals surface area contributed by atoms with E-state index in [4.69, 9.17) is 0 Å². The Hall–Kier alpha value is -3.97. The Kier molecular flexibility index (Phi) is 6.57. The third kappa shape index (κ3) is 4.62. The van der Waals surface area contributed by atoms with Crippen LogP contribution in [-0.2, 0) is 16.1 Å². The quantitative estimate of drug-likeness (QED) is 0.556. The molecule has 0 aromatic heterocycles. The van der Waals surface area contributed by atoms with Crippen molar-refractivity contribution in [3.8, 4) is 5.75 Å². The molecule has 1 unspecified atom stereocenters. The Morgan fingerprint density at radius 3 is 2.22 bits per heavy atom. The number of likely N-dealkylation sites (tertiary alicyclic amines) is 1. The predicted molar refractivity (Wildman–Crippen MR) is 137 cm³/mol. The molecule has 2 aliphatic heterocycles. The summed E-state index contributed by atoms with van der Waals surface area (Å²) >= 11 is 0. The molecule has 0 spiro atoms. The number of carboxylic acids is 1. The van der Waals surface area contributed by atoms with Crippen LogP contribution < -0.4 is 0 Å². The van der Waals surface area contributed by atoms with Crippen LogP contribution >= 0.6 is 0 Å². The minimum atomic E-state index is -1.02. The summed E-state index contributed by atoms with van der Waals surface area (Å²) in [7, 11) is 0. The van der Waals surface area contributed by atoms with Gasteiger partial charge in [-0.05, 0) is 35.2 Å². The van der Waals surface area contributed by atoms with Crippen molar-refractivity contribution in [2.24, 2.45) is 4.99 Å². The predicted octanol–water partition coefficient (Wildman–Crippen LogP) is 3.80. The highest BCUT2D eigenvalue weighted by molar-refractivity contribution is 5.99. The van der Waals surface area contributed by atoms with Crippen molar-refractivity contribution in [3.63, 3.8) is 0 Å². The van der Waals surface area contributed by atoms with Crippen molar-refractivity contribution in [3.05, 3.63) is 101 Å². The molecule has 2 N–H and O–H groups in total. The number of amides is 1. The molecule has 1 amide bonds. The van der Waals surface area contributed by atoms with Gasteiger partial charge >= 0.3 is 5.97 Å². The summed E-state index contributed by atoms with van der Waals surface area (Å²) in [5.74, 6) is -1.57. The summed E-state index contributed by atoms with van der Waals surface area (Å²) in [5.41, 5.74) is 4.33. The Morgan fingerprint density at radius 2 is 1.64 bits per heavy atom.